The van der Waals surface area contributed by atoms with Crippen LogP contribution in [0.5, 0.6) is 0 Å². The number of hydrogen-bond donors (Lipinski definition) is 1. The van der Waals surface area contributed by atoms with Gasteiger partial charge in [0.05, 0.1) is 9.90 Å². The Balaban J connectivity index is 2.01. The monoisotopic (exact) mass is 242 g/mol. The zero-order valence-corrected chi connectivity index (χ0v) is 10.1. The van der Waals surface area contributed by atoms with Crippen LogP contribution in [0.3, 0.4) is 0 Å². The maximum Gasteiger partial charge on any atom is 0.181 e. The molecule has 0 aromatic carbocycles. The van der Waals surface area contributed by atoms with E-state index in [2.05, 4.69) is 22.5 Å². The van der Waals surface area contributed by atoms with Crippen molar-refractivity contribution >= 4 is 39.6 Å². The molecule has 2 N–H and O–H groups in total. The minimum absolute atomic E-state index is 0.663. The summed E-state index contributed by atoms with van der Waals surface area (Å²) >= 11 is 5.17. The summed E-state index contributed by atoms with van der Waals surface area (Å²) < 4.78 is 1.23. The summed E-state index contributed by atoms with van der Waals surface area (Å²) in [5.41, 5.74) is 6.68. The molecule has 0 spiro atoms. The van der Waals surface area contributed by atoms with Crippen LogP contribution in [0.1, 0.15) is 10.6 Å². The predicted octanol–water partition coefficient (Wildman–Crippen LogP) is 3.39. The summed E-state index contributed by atoms with van der Waals surface area (Å²) in [6.07, 6.45) is 0. The van der Waals surface area contributed by atoms with Crippen molar-refractivity contribution in [3.63, 3.8) is 0 Å². The van der Waals surface area contributed by atoms with Crippen LogP contribution in [0, 0.1) is 6.92 Å². The smallest absolute Gasteiger partial charge is 0.181 e. The molecule has 0 aliphatic rings. The molecule has 0 saturated heterocycles. The van der Waals surface area contributed by atoms with Crippen LogP contribution in [0.15, 0.2) is 21.7 Å². The first-order valence-electron chi connectivity index (χ1n) is 4.14. The molecule has 2 nitrogen and oxygen atoms in total. The molecule has 0 atom stereocenters. The third-order valence-corrected chi connectivity index (χ3v) is 5.15. The number of nitrogens with two attached hydrogens (primary N) is 1. The van der Waals surface area contributed by atoms with Crippen molar-refractivity contribution in [3.8, 4) is 0 Å². The first-order valence-corrected chi connectivity index (χ1v) is 6.82. The number of thiophene rings is 1. The van der Waals surface area contributed by atoms with Gasteiger partial charge in [0.2, 0.25) is 0 Å². The Bertz CT molecular complexity index is 406. The lowest BCUT2D eigenvalue weighted by Crippen LogP contribution is -1.80. The lowest BCUT2D eigenvalue weighted by Gasteiger charge is -1.95. The van der Waals surface area contributed by atoms with Crippen LogP contribution in [-0.2, 0) is 5.75 Å². The molecule has 2 heterocycles. The zero-order chi connectivity index (χ0) is 9.97. The van der Waals surface area contributed by atoms with Gasteiger partial charge in [-0.3, -0.25) is 0 Å². The van der Waals surface area contributed by atoms with Gasteiger partial charge < -0.3 is 5.73 Å². The maximum atomic E-state index is 5.63. The number of anilines is 1. The van der Waals surface area contributed by atoms with Crippen LogP contribution in [-0.4, -0.2) is 4.98 Å². The van der Waals surface area contributed by atoms with E-state index in [0.29, 0.717) is 5.13 Å². The molecule has 5 heteroatoms. The summed E-state index contributed by atoms with van der Waals surface area (Å²) in [4.78, 5) is 5.58. The molecule has 14 heavy (non-hydrogen) atoms. The quantitative estimate of drug-likeness (QED) is 0.839. The number of nitrogen functional groups attached to an aromatic ring is 1. The van der Waals surface area contributed by atoms with Crippen LogP contribution in [0.25, 0.3) is 0 Å². The van der Waals surface area contributed by atoms with Crippen molar-refractivity contribution in [1.29, 1.82) is 0 Å². The largest absolute Gasteiger partial charge is 0.375 e. The molecule has 0 radical (unpaired) electrons. The minimum Gasteiger partial charge on any atom is -0.375 e. The summed E-state index contributed by atoms with van der Waals surface area (Å²) in [6, 6.07) is 4.23. The second-order valence-electron chi connectivity index (χ2n) is 2.79. The van der Waals surface area contributed by atoms with Gasteiger partial charge in [-0.1, -0.05) is 17.4 Å². The minimum atomic E-state index is 0.663. The standard InChI is InChI=1S/C9H10N2S3/c1-6-8(14-9(10)11-6)13-5-7-3-2-4-12-7/h2-4H,5H2,1H3,(H2,10,11). The molecule has 0 saturated carbocycles. The molecule has 2 rings (SSSR count). The van der Waals surface area contributed by atoms with Gasteiger partial charge in [0, 0.05) is 10.6 Å². The van der Waals surface area contributed by atoms with Crippen LogP contribution >= 0.6 is 34.4 Å². The first-order chi connectivity index (χ1) is 6.75. The van der Waals surface area contributed by atoms with Gasteiger partial charge in [0.25, 0.3) is 0 Å². The molecule has 0 amide bonds. The van der Waals surface area contributed by atoms with Gasteiger partial charge in [0.1, 0.15) is 0 Å². The van der Waals surface area contributed by atoms with Crippen molar-refractivity contribution in [1.82, 2.24) is 4.98 Å². The molecule has 0 fully saturated rings. The Morgan fingerprint density at radius 1 is 1.57 bits per heavy atom. The Kier molecular flexibility index (Phi) is 3.10. The lowest BCUT2D eigenvalue weighted by molar-refractivity contribution is 1.21. The molecule has 0 unspecified atom stereocenters. The van der Waals surface area contributed by atoms with Crippen LogP contribution < -0.4 is 5.73 Å². The van der Waals surface area contributed by atoms with E-state index in [0.717, 1.165) is 11.4 Å². The summed E-state index contributed by atoms with van der Waals surface area (Å²) in [5.74, 6) is 1.01. The third kappa shape index (κ3) is 2.29. The normalized spacial score (nSPS) is 10.6. The number of thiazole rings is 1. The third-order valence-electron chi connectivity index (χ3n) is 1.70. The number of rotatable bonds is 3. The molecule has 0 aliphatic carbocycles. The number of nitrogens with zero attached hydrogens (tertiary/aromatic N) is 1. The van der Waals surface area contributed by atoms with E-state index in [-0.39, 0.29) is 0 Å². The van der Waals surface area contributed by atoms with E-state index >= 15 is 0 Å². The molecular weight excluding hydrogens is 232 g/mol. The molecule has 74 valence electrons. The SMILES string of the molecule is Cc1nc(N)sc1SCc1cccs1. The predicted molar refractivity (Wildman–Crippen MR) is 65.1 cm³/mol. The second kappa shape index (κ2) is 4.33. The summed E-state index contributed by atoms with van der Waals surface area (Å²) in [6.45, 7) is 2.00. The molecule has 2 aromatic heterocycles. The Labute approximate surface area is 95.2 Å². The highest BCUT2D eigenvalue weighted by Gasteiger charge is 2.06. The maximum absolute atomic E-state index is 5.63. The average molecular weight is 242 g/mol. The average Bonchev–Trinajstić information content (AvgIpc) is 2.72. The molecule has 0 bridgehead atoms. The fraction of sp³-hybridized carbons (Fsp3) is 0.222. The second-order valence-corrected chi connectivity index (χ2v) is 6.10. The highest BCUT2D eigenvalue weighted by Crippen LogP contribution is 2.33. The van der Waals surface area contributed by atoms with Crippen molar-refractivity contribution in [2.24, 2.45) is 0 Å². The molecule has 0 aliphatic heterocycles. The van der Waals surface area contributed by atoms with E-state index in [4.69, 9.17) is 5.73 Å². The highest BCUT2D eigenvalue weighted by molar-refractivity contribution is 8.00. The number of thioether (sulfide) groups is 1. The first kappa shape index (κ1) is 10.0. The van der Waals surface area contributed by atoms with E-state index in [9.17, 15) is 0 Å². The van der Waals surface area contributed by atoms with E-state index in [1.54, 1.807) is 22.7 Å². The van der Waals surface area contributed by atoms with E-state index < -0.39 is 0 Å². The number of aryl methyl sites for hydroxylation is 1. The Hall–Kier alpha value is -0.520. The van der Waals surface area contributed by atoms with Gasteiger partial charge in [-0.25, -0.2) is 4.98 Å². The Morgan fingerprint density at radius 2 is 2.43 bits per heavy atom. The number of aromatic nitrogens is 1. The van der Waals surface area contributed by atoms with Crippen molar-refractivity contribution < 1.29 is 0 Å². The zero-order valence-electron chi connectivity index (χ0n) is 7.69. The summed E-state index contributed by atoms with van der Waals surface area (Å²) in [7, 11) is 0. The van der Waals surface area contributed by atoms with Crippen LogP contribution in [0.4, 0.5) is 5.13 Å². The van der Waals surface area contributed by atoms with Gasteiger partial charge >= 0.3 is 0 Å². The fourth-order valence-electron chi connectivity index (χ4n) is 1.07. The van der Waals surface area contributed by atoms with Crippen molar-refractivity contribution in [2.45, 2.75) is 16.9 Å². The van der Waals surface area contributed by atoms with Gasteiger partial charge in [0.15, 0.2) is 5.13 Å². The topological polar surface area (TPSA) is 38.9 Å². The highest BCUT2D eigenvalue weighted by atomic mass is 32.2. The van der Waals surface area contributed by atoms with Crippen molar-refractivity contribution in [2.75, 3.05) is 5.73 Å². The van der Waals surface area contributed by atoms with Gasteiger partial charge in [-0.05, 0) is 18.4 Å². The van der Waals surface area contributed by atoms with E-state index in [1.165, 1.54) is 9.09 Å². The van der Waals surface area contributed by atoms with Gasteiger partial charge in [-0.2, -0.15) is 0 Å². The lowest BCUT2D eigenvalue weighted by atomic mass is 10.5. The van der Waals surface area contributed by atoms with E-state index in [1.807, 2.05) is 18.7 Å². The van der Waals surface area contributed by atoms with Crippen molar-refractivity contribution in [3.05, 3.63) is 28.1 Å². The fourth-order valence-corrected chi connectivity index (χ4v) is 3.86. The number of hydrogen-bond acceptors (Lipinski definition) is 5. The molecular formula is C9H10N2S3. The Morgan fingerprint density at radius 3 is 3.00 bits per heavy atom. The van der Waals surface area contributed by atoms with Gasteiger partial charge in [-0.15, -0.1) is 23.1 Å². The molecule has 2 aromatic rings. The van der Waals surface area contributed by atoms with Crippen LogP contribution in [0.2, 0.25) is 0 Å². The summed E-state index contributed by atoms with van der Waals surface area (Å²) in [5, 5.41) is 2.76.